The first kappa shape index (κ1) is 15.5. The minimum absolute atomic E-state index is 0.0351. The van der Waals surface area contributed by atoms with Gasteiger partial charge >= 0.3 is 0 Å². The molecule has 1 aromatic heterocycles. The maximum absolute atomic E-state index is 13.1. The smallest absolute Gasteiger partial charge is 0.257 e. The molecule has 1 heterocycles. The third kappa shape index (κ3) is 3.01. The van der Waals surface area contributed by atoms with E-state index in [1.54, 1.807) is 4.90 Å². The van der Waals surface area contributed by atoms with E-state index >= 15 is 0 Å². The second kappa shape index (κ2) is 6.45. The molecule has 2 aromatic carbocycles. The minimum Gasteiger partial charge on any atom is -0.342 e. The van der Waals surface area contributed by atoms with Gasteiger partial charge in [-0.3, -0.25) is 4.79 Å². The molecule has 124 valence electrons. The fourth-order valence-corrected chi connectivity index (χ4v) is 3.31. The van der Waals surface area contributed by atoms with Crippen molar-refractivity contribution in [3.05, 3.63) is 71.9 Å². The molecule has 1 amide bonds. The van der Waals surface area contributed by atoms with Crippen molar-refractivity contribution in [2.45, 2.75) is 25.4 Å². The summed E-state index contributed by atoms with van der Waals surface area (Å²) in [6.45, 7) is 0.873. The second-order valence-electron chi connectivity index (χ2n) is 6.50. The Labute approximate surface area is 146 Å². The monoisotopic (exact) mass is 329 g/mol. The summed E-state index contributed by atoms with van der Waals surface area (Å²) in [5.41, 5.74) is 2.93. The van der Waals surface area contributed by atoms with E-state index in [0.717, 1.165) is 30.3 Å². The zero-order valence-electron chi connectivity index (χ0n) is 13.9. The Morgan fingerprint density at radius 2 is 1.84 bits per heavy atom. The molecule has 1 fully saturated rings. The molecule has 25 heavy (non-hydrogen) atoms. The standard InChI is InChI=1S/C21H19N3O/c22-12-13-24(17-10-11-17)21(25)19-15-23(14-16-6-2-1-3-7-16)20-9-5-4-8-18(19)20/h1-9,15,17H,10-11,13-14H2. The van der Waals surface area contributed by atoms with Crippen molar-refractivity contribution >= 4 is 16.8 Å². The fraction of sp³-hybridized carbons (Fsp3) is 0.238. The first-order chi connectivity index (χ1) is 12.3. The first-order valence-electron chi connectivity index (χ1n) is 8.57. The average molecular weight is 329 g/mol. The highest BCUT2D eigenvalue weighted by Crippen LogP contribution is 2.30. The molecule has 0 bridgehead atoms. The Morgan fingerprint density at radius 1 is 1.12 bits per heavy atom. The number of benzene rings is 2. The number of hydrogen-bond donors (Lipinski definition) is 0. The normalized spacial score (nSPS) is 13.6. The summed E-state index contributed by atoms with van der Waals surface area (Å²) in [6.07, 6.45) is 3.93. The van der Waals surface area contributed by atoms with E-state index in [0.29, 0.717) is 5.56 Å². The number of amides is 1. The maximum atomic E-state index is 13.1. The molecular formula is C21H19N3O. The lowest BCUT2D eigenvalue weighted by molar-refractivity contribution is 0.0766. The van der Waals surface area contributed by atoms with E-state index in [9.17, 15) is 4.79 Å². The predicted molar refractivity (Wildman–Crippen MR) is 97.2 cm³/mol. The zero-order valence-corrected chi connectivity index (χ0v) is 13.9. The minimum atomic E-state index is -0.0351. The van der Waals surface area contributed by atoms with Crippen molar-refractivity contribution < 1.29 is 4.79 Å². The van der Waals surface area contributed by atoms with Crippen LogP contribution in [-0.4, -0.2) is 28.0 Å². The molecule has 4 heteroatoms. The van der Waals surface area contributed by atoms with Gasteiger partial charge in [-0.25, -0.2) is 0 Å². The molecule has 0 N–H and O–H groups in total. The highest BCUT2D eigenvalue weighted by atomic mass is 16.2. The molecule has 0 unspecified atom stereocenters. The van der Waals surface area contributed by atoms with Gasteiger partial charge in [-0.05, 0) is 24.5 Å². The van der Waals surface area contributed by atoms with Crippen LogP contribution in [0.4, 0.5) is 0 Å². The molecule has 0 spiro atoms. The van der Waals surface area contributed by atoms with Gasteiger partial charge in [0.25, 0.3) is 5.91 Å². The lowest BCUT2D eigenvalue weighted by Crippen LogP contribution is -2.33. The maximum Gasteiger partial charge on any atom is 0.257 e. The number of nitrogens with zero attached hydrogens (tertiary/aromatic N) is 3. The Kier molecular flexibility index (Phi) is 3.99. The van der Waals surface area contributed by atoms with Gasteiger partial charge in [0.2, 0.25) is 0 Å². The fourth-order valence-electron chi connectivity index (χ4n) is 3.31. The second-order valence-corrected chi connectivity index (χ2v) is 6.50. The molecule has 0 radical (unpaired) electrons. The number of fused-ring (bicyclic) bond motifs is 1. The van der Waals surface area contributed by atoms with Crippen LogP contribution in [0.15, 0.2) is 60.8 Å². The Bertz CT molecular complexity index is 948. The van der Waals surface area contributed by atoms with Crippen LogP contribution in [-0.2, 0) is 6.54 Å². The molecule has 1 aliphatic carbocycles. The molecule has 0 saturated heterocycles. The number of carbonyl (C=O) groups is 1. The molecule has 0 atom stereocenters. The summed E-state index contributed by atoms with van der Waals surface area (Å²) in [4.78, 5) is 14.8. The Hall–Kier alpha value is -3.06. The quantitative estimate of drug-likeness (QED) is 0.668. The molecular weight excluding hydrogens is 310 g/mol. The van der Waals surface area contributed by atoms with Gasteiger partial charge in [0.1, 0.15) is 6.54 Å². The van der Waals surface area contributed by atoms with Gasteiger partial charge in [0.15, 0.2) is 0 Å². The largest absolute Gasteiger partial charge is 0.342 e. The number of aromatic nitrogens is 1. The van der Waals surface area contributed by atoms with Crippen LogP contribution in [0.3, 0.4) is 0 Å². The van der Waals surface area contributed by atoms with Crippen molar-refractivity contribution in [3.63, 3.8) is 0 Å². The number of hydrogen-bond acceptors (Lipinski definition) is 2. The third-order valence-electron chi connectivity index (χ3n) is 4.70. The van der Waals surface area contributed by atoms with Gasteiger partial charge < -0.3 is 9.47 Å². The lowest BCUT2D eigenvalue weighted by Gasteiger charge is -2.18. The SMILES string of the molecule is N#CCN(C(=O)c1cn(Cc2ccccc2)c2ccccc12)C1CC1. The number of nitriles is 1. The van der Waals surface area contributed by atoms with E-state index in [-0.39, 0.29) is 18.5 Å². The molecule has 1 saturated carbocycles. The lowest BCUT2D eigenvalue weighted by atomic mass is 10.1. The average Bonchev–Trinajstić information content (AvgIpc) is 3.43. The summed E-state index contributed by atoms with van der Waals surface area (Å²) in [6, 6.07) is 20.6. The van der Waals surface area contributed by atoms with Crippen LogP contribution in [0.5, 0.6) is 0 Å². The summed E-state index contributed by atoms with van der Waals surface area (Å²) < 4.78 is 2.12. The van der Waals surface area contributed by atoms with Gasteiger partial charge in [-0.2, -0.15) is 5.26 Å². The van der Waals surface area contributed by atoms with Crippen LogP contribution < -0.4 is 0 Å². The van der Waals surface area contributed by atoms with Crippen LogP contribution in [0.2, 0.25) is 0 Å². The van der Waals surface area contributed by atoms with Crippen molar-refractivity contribution in [1.29, 1.82) is 5.26 Å². The van der Waals surface area contributed by atoms with Crippen molar-refractivity contribution in [3.8, 4) is 6.07 Å². The number of rotatable bonds is 5. The highest BCUT2D eigenvalue weighted by Gasteiger charge is 2.34. The van der Waals surface area contributed by atoms with Crippen LogP contribution in [0.25, 0.3) is 10.9 Å². The van der Waals surface area contributed by atoms with Gasteiger partial charge in [-0.1, -0.05) is 48.5 Å². The summed E-state index contributed by atoms with van der Waals surface area (Å²) in [5, 5.41) is 10.0. The van der Waals surface area contributed by atoms with E-state index < -0.39 is 0 Å². The summed E-state index contributed by atoms with van der Waals surface area (Å²) >= 11 is 0. The Morgan fingerprint density at radius 3 is 2.56 bits per heavy atom. The van der Waals surface area contributed by atoms with E-state index in [1.807, 2.05) is 48.7 Å². The van der Waals surface area contributed by atoms with Crippen molar-refractivity contribution in [1.82, 2.24) is 9.47 Å². The topological polar surface area (TPSA) is 49.0 Å². The first-order valence-corrected chi connectivity index (χ1v) is 8.57. The van der Waals surface area contributed by atoms with Crippen LogP contribution in [0.1, 0.15) is 28.8 Å². The molecule has 4 rings (SSSR count). The molecule has 3 aromatic rings. The Balaban J connectivity index is 1.74. The predicted octanol–water partition coefficient (Wildman–Crippen LogP) is 3.82. The highest BCUT2D eigenvalue weighted by molar-refractivity contribution is 6.07. The summed E-state index contributed by atoms with van der Waals surface area (Å²) in [7, 11) is 0. The third-order valence-corrected chi connectivity index (χ3v) is 4.70. The van der Waals surface area contributed by atoms with E-state index in [2.05, 4.69) is 22.8 Å². The molecule has 1 aliphatic rings. The van der Waals surface area contributed by atoms with E-state index in [1.165, 1.54) is 5.56 Å². The zero-order chi connectivity index (χ0) is 17.2. The van der Waals surface area contributed by atoms with Crippen LogP contribution in [0, 0.1) is 11.3 Å². The number of para-hydroxylation sites is 1. The number of carbonyl (C=O) groups excluding carboxylic acids is 1. The van der Waals surface area contributed by atoms with Crippen molar-refractivity contribution in [2.75, 3.05) is 6.54 Å². The molecule has 4 nitrogen and oxygen atoms in total. The van der Waals surface area contributed by atoms with Gasteiger partial charge in [0.05, 0.1) is 11.6 Å². The van der Waals surface area contributed by atoms with Crippen LogP contribution >= 0.6 is 0 Å². The van der Waals surface area contributed by atoms with Crippen molar-refractivity contribution in [2.24, 2.45) is 0 Å². The van der Waals surface area contributed by atoms with Gasteiger partial charge in [0, 0.05) is 29.7 Å². The van der Waals surface area contributed by atoms with Gasteiger partial charge in [-0.15, -0.1) is 0 Å². The van der Waals surface area contributed by atoms with E-state index in [4.69, 9.17) is 5.26 Å². The molecule has 0 aliphatic heterocycles. The summed E-state index contributed by atoms with van der Waals surface area (Å²) in [5.74, 6) is -0.0351.